The van der Waals surface area contributed by atoms with Crippen LogP contribution >= 0.6 is 21.6 Å². The smallest absolute Gasteiger partial charge is 0.220 e. The van der Waals surface area contributed by atoms with Crippen LogP contribution in [-0.4, -0.2) is 30.8 Å². The molecule has 1 N–H and O–H groups in total. The molecule has 1 amide bonds. The topological polar surface area (TPSA) is 38.3 Å². The van der Waals surface area contributed by atoms with Crippen LogP contribution in [0.25, 0.3) is 0 Å². The molecule has 20 heavy (non-hydrogen) atoms. The Kier molecular flexibility index (Phi) is 13.7. The minimum Gasteiger partial charge on any atom is -0.370 e. The molecule has 0 aromatic heterocycles. The number of rotatable bonds is 12. The van der Waals surface area contributed by atoms with Crippen LogP contribution < -0.4 is 5.32 Å². The SMILES string of the molecule is CC(C)/C=C/CNC(=O)CCCOCSSCC(C)C. The van der Waals surface area contributed by atoms with Crippen LogP contribution in [0, 0.1) is 11.8 Å². The van der Waals surface area contributed by atoms with Gasteiger partial charge in [-0.25, -0.2) is 0 Å². The number of hydrogen-bond donors (Lipinski definition) is 1. The van der Waals surface area contributed by atoms with Gasteiger partial charge in [0.25, 0.3) is 0 Å². The molecule has 0 fully saturated rings. The monoisotopic (exact) mass is 319 g/mol. The maximum atomic E-state index is 11.5. The van der Waals surface area contributed by atoms with E-state index < -0.39 is 0 Å². The highest BCUT2D eigenvalue weighted by molar-refractivity contribution is 8.76. The highest BCUT2D eigenvalue weighted by Crippen LogP contribution is 2.23. The molecule has 0 aromatic carbocycles. The van der Waals surface area contributed by atoms with E-state index >= 15 is 0 Å². The third kappa shape index (κ3) is 15.9. The predicted octanol–water partition coefficient (Wildman–Crippen LogP) is 4.11. The molecular weight excluding hydrogens is 290 g/mol. The van der Waals surface area contributed by atoms with E-state index in [-0.39, 0.29) is 5.91 Å². The van der Waals surface area contributed by atoms with Crippen molar-refractivity contribution in [3.63, 3.8) is 0 Å². The van der Waals surface area contributed by atoms with E-state index in [4.69, 9.17) is 4.74 Å². The minimum atomic E-state index is 0.101. The lowest BCUT2D eigenvalue weighted by atomic mass is 10.2. The average Bonchev–Trinajstić information content (AvgIpc) is 2.37. The Morgan fingerprint density at radius 1 is 1.25 bits per heavy atom. The summed E-state index contributed by atoms with van der Waals surface area (Å²) in [6, 6.07) is 0. The van der Waals surface area contributed by atoms with E-state index in [1.807, 2.05) is 16.9 Å². The summed E-state index contributed by atoms with van der Waals surface area (Å²) in [5.74, 6) is 3.22. The van der Waals surface area contributed by atoms with Crippen molar-refractivity contribution in [3.8, 4) is 0 Å². The molecule has 0 saturated carbocycles. The number of nitrogens with one attached hydrogen (secondary N) is 1. The van der Waals surface area contributed by atoms with Crippen LogP contribution in [-0.2, 0) is 9.53 Å². The number of allylic oxidation sites excluding steroid dienone is 1. The lowest BCUT2D eigenvalue weighted by Gasteiger charge is -2.05. The first-order valence-corrected chi connectivity index (χ1v) is 9.76. The van der Waals surface area contributed by atoms with E-state index in [1.165, 1.54) is 0 Å². The molecule has 0 unspecified atom stereocenters. The van der Waals surface area contributed by atoms with E-state index in [0.717, 1.165) is 18.1 Å². The predicted molar refractivity (Wildman–Crippen MR) is 91.9 cm³/mol. The number of ether oxygens (including phenoxy) is 1. The molecule has 0 saturated heterocycles. The number of carbonyl (C=O) groups is 1. The van der Waals surface area contributed by atoms with Crippen molar-refractivity contribution in [2.45, 2.75) is 40.5 Å². The van der Waals surface area contributed by atoms with Crippen LogP contribution in [0.4, 0.5) is 0 Å². The maximum Gasteiger partial charge on any atom is 0.220 e. The summed E-state index contributed by atoms with van der Waals surface area (Å²) in [7, 11) is 3.59. The third-order valence-electron chi connectivity index (χ3n) is 2.25. The summed E-state index contributed by atoms with van der Waals surface area (Å²) < 4.78 is 5.47. The van der Waals surface area contributed by atoms with Crippen molar-refractivity contribution >= 4 is 27.5 Å². The Bertz CT molecular complexity index is 269. The van der Waals surface area contributed by atoms with Gasteiger partial charge in [-0.3, -0.25) is 4.79 Å². The lowest BCUT2D eigenvalue weighted by Crippen LogP contribution is -2.23. The fourth-order valence-electron chi connectivity index (χ4n) is 1.25. The molecule has 0 aliphatic carbocycles. The van der Waals surface area contributed by atoms with E-state index in [2.05, 4.69) is 39.1 Å². The maximum absolute atomic E-state index is 11.5. The fraction of sp³-hybridized carbons (Fsp3) is 0.800. The zero-order valence-corrected chi connectivity index (χ0v) is 14.8. The normalized spacial score (nSPS) is 11.7. The van der Waals surface area contributed by atoms with Gasteiger partial charge in [-0.15, -0.1) is 0 Å². The zero-order valence-electron chi connectivity index (χ0n) is 13.2. The summed E-state index contributed by atoms with van der Waals surface area (Å²) in [5.41, 5.74) is 0. The van der Waals surface area contributed by atoms with Crippen LogP contribution in [0.2, 0.25) is 0 Å². The fourth-order valence-corrected chi connectivity index (χ4v) is 3.38. The lowest BCUT2D eigenvalue weighted by molar-refractivity contribution is -0.121. The van der Waals surface area contributed by atoms with Gasteiger partial charge in [0.15, 0.2) is 0 Å². The number of hydrogen-bond acceptors (Lipinski definition) is 4. The van der Waals surface area contributed by atoms with E-state index in [9.17, 15) is 4.79 Å². The van der Waals surface area contributed by atoms with Gasteiger partial charge in [-0.05, 0) is 18.3 Å². The quantitative estimate of drug-likeness (QED) is 0.254. The molecule has 118 valence electrons. The molecule has 0 atom stereocenters. The Hall–Kier alpha value is -0.130. The molecule has 0 spiro atoms. The summed E-state index contributed by atoms with van der Waals surface area (Å²) in [5, 5.41) is 2.87. The van der Waals surface area contributed by atoms with Crippen LogP contribution in [0.5, 0.6) is 0 Å². The second-order valence-corrected chi connectivity index (χ2v) is 7.86. The highest BCUT2D eigenvalue weighted by Gasteiger charge is 2.00. The summed E-state index contributed by atoms with van der Waals surface area (Å²) >= 11 is 0. The summed E-state index contributed by atoms with van der Waals surface area (Å²) in [6.45, 7) is 9.94. The Balaban J connectivity index is 3.27. The number of amides is 1. The molecule has 0 rings (SSSR count). The Morgan fingerprint density at radius 2 is 2.00 bits per heavy atom. The van der Waals surface area contributed by atoms with Crippen LogP contribution in [0.1, 0.15) is 40.5 Å². The number of carbonyl (C=O) groups excluding carboxylic acids is 1. The van der Waals surface area contributed by atoms with Gasteiger partial charge >= 0.3 is 0 Å². The summed E-state index contributed by atoms with van der Waals surface area (Å²) in [4.78, 5) is 11.5. The molecule has 0 heterocycles. The van der Waals surface area contributed by atoms with Gasteiger partial charge < -0.3 is 10.1 Å². The molecular formula is C15H29NO2S2. The van der Waals surface area contributed by atoms with Crippen molar-refractivity contribution in [1.82, 2.24) is 5.32 Å². The van der Waals surface area contributed by atoms with Crippen molar-refractivity contribution in [1.29, 1.82) is 0 Å². The van der Waals surface area contributed by atoms with Gasteiger partial charge in [0.1, 0.15) is 5.94 Å². The second-order valence-electron chi connectivity index (χ2n) is 5.40. The molecule has 5 heteroatoms. The third-order valence-corrected chi connectivity index (χ3v) is 4.68. The molecule has 0 aliphatic heterocycles. The Morgan fingerprint density at radius 3 is 2.65 bits per heavy atom. The standard InChI is InChI=1S/C15H29NO2S2/c1-13(2)7-5-9-16-15(17)8-6-10-18-12-20-19-11-14(3)4/h5,7,13-14H,6,8-12H2,1-4H3,(H,16,17)/b7-5+. The first kappa shape index (κ1) is 19.9. The van der Waals surface area contributed by atoms with Gasteiger partial charge in [0.2, 0.25) is 5.91 Å². The minimum absolute atomic E-state index is 0.101. The van der Waals surface area contributed by atoms with E-state index in [1.54, 1.807) is 10.8 Å². The van der Waals surface area contributed by atoms with Crippen LogP contribution in [0.15, 0.2) is 12.2 Å². The first-order chi connectivity index (χ1) is 9.52. The second kappa shape index (κ2) is 13.8. The molecule has 0 aliphatic rings. The summed E-state index contributed by atoms with van der Waals surface area (Å²) in [6.07, 6.45) is 5.42. The molecule has 0 bridgehead atoms. The van der Waals surface area contributed by atoms with Crippen molar-refractivity contribution in [3.05, 3.63) is 12.2 Å². The van der Waals surface area contributed by atoms with Crippen LogP contribution in [0.3, 0.4) is 0 Å². The zero-order chi connectivity index (χ0) is 15.2. The van der Waals surface area contributed by atoms with Crippen molar-refractivity contribution in [2.24, 2.45) is 11.8 Å². The van der Waals surface area contributed by atoms with Crippen molar-refractivity contribution < 1.29 is 9.53 Å². The first-order valence-electron chi connectivity index (χ1n) is 7.28. The average molecular weight is 320 g/mol. The van der Waals surface area contributed by atoms with E-state index in [0.29, 0.717) is 31.4 Å². The highest BCUT2D eigenvalue weighted by atomic mass is 33.1. The van der Waals surface area contributed by atoms with Gasteiger partial charge in [-0.2, -0.15) is 0 Å². The molecule has 0 radical (unpaired) electrons. The van der Waals surface area contributed by atoms with Gasteiger partial charge in [-0.1, -0.05) is 61.4 Å². The molecule has 3 nitrogen and oxygen atoms in total. The van der Waals surface area contributed by atoms with Crippen molar-refractivity contribution in [2.75, 3.05) is 24.8 Å². The largest absolute Gasteiger partial charge is 0.370 e. The Labute approximate surface area is 132 Å². The van der Waals surface area contributed by atoms with Gasteiger partial charge in [0, 0.05) is 25.3 Å². The molecule has 0 aromatic rings. The van der Waals surface area contributed by atoms with Gasteiger partial charge in [0.05, 0.1) is 0 Å².